The highest BCUT2D eigenvalue weighted by atomic mass is 32.2. The Morgan fingerprint density at radius 3 is 2.65 bits per heavy atom. The van der Waals surface area contributed by atoms with Gasteiger partial charge in [0.25, 0.3) is 5.91 Å². The molecule has 7 heteroatoms. The summed E-state index contributed by atoms with van der Waals surface area (Å²) in [5.74, 6) is -1.73. The van der Waals surface area contributed by atoms with Crippen molar-refractivity contribution in [3.8, 4) is 0 Å². The molecule has 5 nitrogen and oxygen atoms in total. The second-order valence-electron chi connectivity index (χ2n) is 5.83. The number of nitrogens with zero attached hydrogens (tertiary/aromatic N) is 1. The van der Waals surface area contributed by atoms with Crippen molar-refractivity contribution in [2.24, 2.45) is 5.92 Å². The number of rotatable bonds is 5. The van der Waals surface area contributed by atoms with Gasteiger partial charge in [-0.25, -0.2) is 17.5 Å². The first kappa shape index (κ1) is 17.6. The predicted molar refractivity (Wildman–Crippen MR) is 85.9 cm³/mol. The molecule has 1 fully saturated rings. The standard InChI is InChI=1S/C16H21FN2O3S/c1-12-5-7-15(8-6-12)23(21,22)18-10-14-4-3-9-19(11-14)16(20)13(2)17/h5-8,14,18H,2-4,9-11H2,1H3. The van der Waals surface area contributed by atoms with Gasteiger partial charge in [-0.1, -0.05) is 24.3 Å². The summed E-state index contributed by atoms with van der Waals surface area (Å²) in [6, 6.07) is 6.59. The fourth-order valence-electron chi connectivity index (χ4n) is 2.62. The highest BCUT2D eigenvalue weighted by Gasteiger charge is 2.26. The first-order valence-corrected chi connectivity index (χ1v) is 8.98. The number of carbonyl (C=O) groups excluding carboxylic acids is 1. The zero-order chi connectivity index (χ0) is 17.0. The normalized spacial score (nSPS) is 18.7. The summed E-state index contributed by atoms with van der Waals surface area (Å²) in [6.45, 7) is 5.93. The van der Waals surface area contributed by atoms with Gasteiger partial charge in [0.05, 0.1) is 4.90 Å². The lowest BCUT2D eigenvalue weighted by atomic mass is 9.98. The van der Waals surface area contributed by atoms with E-state index in [1.165, 1.54) is 4.90 Å². The van der Waals surface area contributed by atoms with Gasteiger partial charge >= 0.3 is 0 Å². The molecule has 0 radical (unpaired) electrons. The van der Waals surface area contributed by atoms with Crippen molar-refractivity contribution in [1.29, 1.82) is 0 Å². The number of hydrogen-bond donors (Lipinski definition) is 1. The number of amides is 1. The van der Waals surface area contributed by atoms with Gasteiger partial charge in [0.15, 0.2) is 5.83 Å². The molecule has 1 N–H and O–H groups in total. The van der Waals surface area contributed by atoms with E-state index in [1.807, 2.05) is 6.92 Å². The number of piperidine rings is 1. The van der Waals surface area contributed by atoms with Crippen LogP contribution < -0.4 is 4.72 Å². The molecule has 0 bridgehead atoms. The number of aryl methyl sites for hydroxylation is 1. The maximum absolute atomic E-state index is 12.9. The first-order valence-electron chi connectivity index (χ1n) is 7.49. The molecule has 0 aromatic heterocycles. The molecule has 1 aromatic rings. The molecule has 1 aliphatic heterocycles. The summed E-state index contributed by atoms with van der Waals surface area (Å²) in [5, 5.41) is 0. The van der Waals surface area contributed by atoms with Gasteiger partial charge in [-0.15, -0.1) is 0 Å². The molecule has 126 valence electrons. The minimum absolute atomic E-state index is 0.0349. The van der Waals surface area contributed by atoms with E-state index in [0.717, 1.165) is 18.4 Å². The van der Waals surface area contributed by atoms with Gasteiger partial charge in [0.2, 0.25) is 10.0 Å². The summed E-state index contributed by atoms with van der Waals surface area (Å²) in [5.41, 5.74) is 0.983. The molecule has 23 heavy (non-hydrogen) atoms. The Balaban J connectivity index is 1.95. The van der Waals surface area contributed by atoms with E-state index in [4.69, 9.17) is 0 Å². The summed E-state index contributed by atoms with van der Waals surface area (Å²) >= 11 is 0. The Bertz CT molecular complexity index is 686. The molecule has 1 aliphatic rings. The summed E-state index contributed by atoms with van der Waals surface area (Å²) in [4.78, 5) is 13.2. The van der Waals surface area contributed by atoms with Gasteiger partial charge in [0, 0.05) is 19.6 Å². The van der Waals surface area contributed by atoms with Crippen LogP contribution in [-0.2, 0) is 14.8 Å². The van der Waals surface area contributed by atoms with E-state index >= 15 is 0 Å². The van der Waals surface area contributed by atoms with E-state index in [-0.39, 0.29) is 17.4 Å². The highest BCUT2D eigenvalue weighted by Crippen LogP contribution is 2.18. The lowest BCUT2D eigenvalue weighted by molar-refractivity contribution is -0.130. The van der Waals surface area contributed by atoms with Crippen LogP contribution >= 0.6 is 0 Å². The number of likely N-dealkylation sites (tertiary alicyclic amines) is 1. The highest BCUT2D eigenvalue weighted by molar-refractivity contribution is 7.89. The number of benzene rings is 1. The second-order valence-corrected chi connectivity index (χ2v) is 7.60. The van der Waals surface area contributed by atoms with Gasteiger partial charge in [-0.05, 0) is 37.8 Å². The fourth-order valence-corrected chi connectivity index (χ4v) is 3.73. The van der Waals surface area contributed by atoms with Crippen LogP contribution in [0.1, 0.15) is 18.4 Å². The van der Waals surface area contributed by atoms with Gasteiger partial charge in [-0.3, -0.25) is 4.79 Å². The van der Waals surface area contributed by atoms with Crippen LogP contribution in [0.2, 0.25) is 0 Å². The van der Waals surface area contributed by atoms with E-state index in [2.05, 4.69) is 11.3 Å². The van der Waals surface area contributed by atoms with Crippen molar-refractivity contribution in [3.05, 3.63) is 42.2 Å². The molecule has 2 rings (SSSR count). The third kappa shape index (κ3) is 4.62. The average molecular weight is 340 g/mol. The van der Waals surface area contributed by atoms with E-state index < -0.39 is 21.8 Å². The summed E-state index contributed by atoms with van der Waals surface area (Å²) < 4.78 is 40.0. The number of sulfonamides is 1. The number of hydrogen-bond acceptors (Lipinski definition) is 3. The number of carbonyl (C=O) groups is 1. The number of nitrogens with one attached hydrogen (secondary N) is 1. The van der Waals surface area contributed by atoms with Crippen molar-refractivity contribution < 1.29 is 17.6 Å². The van der Waals surface area contributed by atoms with Crippen LogP contribution in [0.25, 0.3) is 0 Å². The van der Waals surface area contributed by atoms with Gasteiger partial charge < -0.3 is 4.90 Å². The van der Waals surface area contributed by atoms with Crippen molar-refractivity contribution in [1.82, 2.24) is 9.62 Å². The maximum Gasteiger partial charge on any atom is 0.281 e. The zero-order valence-electron chi connectivity index (χ0n) is 13.1. The third-order valence-corrected chi connectivity index (χ3v) is 5.37. The van der Waals surface area contributed by atoms with Crippen LogP contribution in [0.15, 0.2) is 41.6 Å². The fraction of sp³-hybridized carbons (Fsp3) is 0.438. The maximum atomic E-state index is 12.9. The summed E-state index contributed by atoms with van der Waals surface area (Å²) in [6.07, 6.45) is 1.51. The third-order valence-electron chi connectivity index (χ3n) is 3.93. The Morgan fingerprint density at radius 1 is 1.39 bits per heavy atom. The Labute approximate surface area is 136 Å². The average Bonchev–Trinajstić information content (AvgIpc) is 2.53. The quantitative estimate of drug-likeness (QED) is 0.834. The smallest absolute Gasteiger partial charge is 0.281 e. The number of halogens is 1. The largest absolute Gasteiger partial charge is 0.336 e. The minimum Gasteiger partial charge on any atom is -0.336 e. The van der Waals surface area contributed by atoms with E-state index in [9.17, 15) is 17.6 Å². The lowest BCUT2D eigenvalue weighted by Gasteiger charge is -2.32. The van der Waals surface area contributed by atoms with Crippen molar-refractivity contribution in [2.45, 2.75) is 24.7 Å². The summed E-state index contributed by atoms with van der Waals surface area (Å²) in [7, 11) is -3.58. The van der Waals surface area contributed by atoms with Crippen molar-refractivity contribution in [3.63, 3.8) is 0 Å². The van der Waals surface area contributed by atoms with Crippen LogP contribution in [0.3, 0.4) is 0 Å². The van der Waals surface area contributed by atoms with Crippen molar-refractivity contribution >= 4 is 15.9 Å². The molecule has 1 saturated heterocycles. The second kappa shape index (κ2) is 7.23. The van der Waals surface area contributed by atoms with Crippen LogP contribution in [0.4, 0.5) is 4.39 Å². The molecule has 0 spiro atoms. The zero-order valence-corrected chi connectivity index (χ0v) is 13.9. The molecule has 1 amide bonds. The molecular formula is C16H21FN2O3S. The molecule has 0 saturated carbocycles. The van der Waals surface area contributed by atoms with E-state index in [0.29, 0.717) is 13.1 Å². The SMILES string of the molecule is C=C(F)C(=O)N1CCCC(CNS(=O)(=O)c2ccc(C)cc2)C1. The van der Waals surface area contributed by atoms with E-state index in [1.54, 1.807) is 24.3 Å². The van der Waals surface area contributed by atoms with Crippen LogP contribution in [0, 0.1) is 12.8 Å². The Hall–Kier alpha value is -1.73. The lowest BCUT2D eigenvalue weighted by Crippen LogP contribution is -2.43. The molecule has 1 heterocycles. The Kier molecular flexibility index (Phi) is 5.54. The topological polar surface area (TPSA) is 66.5 Å². The molecule has 1 aromatic carbocycles. The van der Waals surface area contributed by atoms with Gasteiger partial charge in [-0.2, -0.15) is 0 Å². The van der Waals surface area contributed by atoms with Crippen LogP contribution in [0.5, 0.6) is 0 Å². The first-order chi connectivity index (χ1) is 10.8. The predicted octanol–water partition coefficient (Wildman–Crippen LogP) is 2.00. The van der Waals surface area contributed by atoms with Crippen LogP contribution in [-0.4, -0.2) is 38.9 Å². The van der Waals surface area contributed by atoms with Gasteiger partial charge in [0.1, 0.15) is 0 Å². The molecule has 1 unspecified atom stereocenters. The minimum atomic E-state index is -3.58. The molecular weight excluding hydrogens is 319 g/mol. The Morgan fingerprint density at radius 2 is 2.04 bits per heavy atom. The molecule has 1 atom stereocenters. The molecule has 0 aliphatic carbocycles. The monoisotopic (exact) mass is 340 g/mol. The van der Waals surface area contributed by atoms with Crippen molar-refractivity contribution in [2.75, 3.05) is 19.6 Å².